The fourth-order valence-electron chi connectivity index (χ4n) is 3.58. The van der Waals surface area contributed by atoms with Crippen LogP contribution in [0.25, 0.3) is 0 Å². The van der Waals surface area contributed by atoms with Gasteiger partial charge in [0.1, 0.15) is 17.3 Å². The minimum atomic E-state index is -3.66. The van der Waals surface area contributed by atoms with Crippen molar-refractivity contribution in [3.05, 3.63) is 54.3 Å². The van der Waals surface area contributed by atoms with Gasteiger partial charge in [-0.2, -0.15) is 4.31 Å². The third-order valence-electron chi connectivity index (χ3n) is 5.40. The van der Waals surface area contributed by atoms with Crippen LogP contribution in [0.1, 0.15) is 25.7 Å². The molecular formula is C23H29FN2O5S. The Morgan fingerprint density at radius 3 is 2.47 bits per heavy atom. The highest BCUT2D eigenvalue weighted by molar-refractivity contribution is 7.89. The largest absolute Gasteiger partial charge is 0.497 e. The molecule has 1 N–H and O–H groups in total. The lowest BCUT2D eigenvalue weighted by atomic mass is 9.99. The molecule has 0 bridgehead atoms. The molecule has 1 aliphatic heterocycles. The number of halogens is 1. The van der Waals surface area contributed by atoms with Crippen LogP contribution in [-0.2, 0) is 14.8 Å². The Balaban J connectivity index is 1.42. The number of hydrogen-bond acceptors (Lipinski definition) is 5. The van der Waals surface area contributed by atoms with Crippen LogP contribution in [0.5, 0.6) is 11.5 Å². The van der Waals surface area contributed by atoms with Gasteiger partial charge < -0.3 is 14.8 Å². The van der Waals surface area contributed by atoms with E-state index in [1.807, 2.05) is 0 Å². The van der Waals surface area contributed by atoms with Crippen LogP contribution in [0.4, 0.5) is 4.39 Å². The van der Waals surface area contributed by atoms with Gasteiger partial charge in [-0.05, 0) is 74.2 Å². The molecule has 0 aromatic heterocycles. The maximum absolute atomic E-state index is 12.9. The lowest BCUT2D eigenvalue weighted by Crippen LogP contribution is -2.45. The van der Waals surface area contributed by atoms with Gasteiger partial charge in [-0.3, -0.25) is 4.79 Å². The van der Waals surface area contributed by atoms with Crippen LogP contribution in [0.15, 0.2) is 53.4 Å². The van der Waals surface area contributed by atoms with Crippen molar-refractivity contribution in [1.29, 1.82) is 0 Å². The highest BCUT2D eigenvalue weighted by atomic mass is 32.2. The predicted molar refractivity (Wildman–Crippen MR) is 119 cm³/mol. The molecule has 2 aromatic rings. The van der Waals surface area contributed by atoms with Gasteiger partial charge in [0, 0.05) is 19.6 Å². The Morgan fingerprint density at radius 2 is 1.78 bits per heavy atom. The summed E-state index contributed by atoms with van der Waals surface area (Å²) in [7, 11) is -2.13. The average molecular weight is 465 g/mol. The van der Waals surface area contributed by atoms with E-state index in [1.54, 1.807) is 24.3 Å². The first-order valence-corrected chi connectivity index (χ1v) is 12.1. The van der Waals surface area contributed by atoms with E-state index in [2.05, 4.69) is 5.32 Å². The molecule has 1 heterocycles. The molecule has 7 nitrogen and oxygen atoms in total. The molecule has 2 aromatic carbocycles. The number of carbonyl (C=O) groups is 1. The number of rotatable bonds is 10. The number of nitrogens with zero attached hydrogens (tertiary/aromatic N) is 1. The quantitative estimate of drug-likeness (QED) is 0.546. The van der Waals surface area contributed by atoms with Crippen LogP contribution in [0.3, 0.4) is 0 Å². The predicted octanol–water partition coefficient (Wildman–Crippen LogP) is 3.21. The molecule has 1 atom stereocenters. The van der Waals surface area contributed by atoms with Crippen LogP contribution in [-0.4, -0.2) is 52.0 Å². The smallest absolute Gasteiger partial charge is 0.243 e. The standard InChI is InChI=1S/C23H29FN2O5S/c1-30-20-10-12-22(13-11-20)32(28,29)26-15-4-5-18(17-26)23(27)25-14-2-3-16-31-21-8-6-19(24)7-9-21/h6-13,18H,2-5,14-17H2,1H3,(H,25,27). The van der Waals surface area contributed by atoms with Crippen molar-refractivity contribution < 1.29 is 27.1 Å². The minimum Gasteiger partial charge on any atom is -0.497 e. The first kappa shape index (κ1) is 24.0. The fourth-order valence-corrected chi connectivity index (χ4v) is 5.10. The lowest BCUT2D eigenvalue weighted by Gasteiger charge is -2.31. The number of benzene rings is 2. The van der Waals surface area contributed by atoms with E-state index >= 15 is 0 Å². The third-order valence-corrected chi connectivity index (χ3v) is 7.28. The Hall–Kier alpha value is -2.65. The van der Waals surface area contributed by atoms with Crippen molar-refractivity contribution in [1.82, 2.24) is 9.62 Å². The Labute approximate surface area is 188 Å². The van der Waals surface area contributed by atoms with Crippen molar-refractivity contribution >= 4 is 15.9 Å². The number of nitrogens with one attached hydrogen (secondary N) is 1. The zero-order valence-corrected chi connectivity index (χ0v) is 18.9. The first-order valence-electron chi connectivity index (χ1n) is 10.7. The molecule has 1 unspecified atom stereocenters. The summed E-state index contributed by atoms with van der Waals surface area (Å²) in [5, 5.41) is 2.90. The van der Waals surface area contributed by atoms with Crippen LogP contribution < -0.4 is 14.8 Å². The van der Waals surface area contributed by atoms with Crippen LogP contribution in [0, 0.1) is 11.7 Å². The van der Waals surface area contributed by atoms with Crippen LogP contribution >= 0.6 is 0 Å². The second-order valence-electron chi connectivity index (χ2n) is 7.68. The average Bonchev–Trinajstić information content (AvgIpc) is 2.82. The monoisotopic (exact) mass is 464 g/mol. The van der Waals surface area contributed by atoms with Gasteiger partial charge in [0.15, 0.2) is 0 Å². The second kappa shape index (κ2) is 11.3. The highest BCUT2D eigenvalue weighted by Crippen LogP contribution is 2.25. The van der Waals surface area contributed by atoms with Crippen molar-refractivity contribution in [3.63, 3.8) is 0 Å². The SMILES string of the molecule is COc1ccc(S(=O)(=O)N2CCCC(C(=O)NCCCCOc3ccc(F)cc3)C2)cc1. The lowest BCUT2D eigenvalue weighted by molar-refractivity contribution is -0.126. The Morgan fingerprint density at radius 1 is 1.09 bits per heavy atom. The molecule has 3 rings (SSSR count). The summed E-state index contributed by atoms with van der Waals surface area (Å²) in [4.78, 5) is 12.8. The summed E-state index contributed by atoms with van der Waals surface area (Å²) in [5.41, 5.74) is 0. The van der Waals surface area contributed by atoms with Crippen molar-refractivity contribution in [2.45, 2.75) is 30.6 Å². The molecule has 32 heavy (non-hydrogen) atoms. The molecular weight excluding hydrogens is 435 g/mol. The summed E-state index contributed by atoms with van der Waals surface area (Å²) >= 11 is 0. The number of sulfonamides is 1. The molecule has 1 fully saturated rings. The molecule has 9 heteroatoms. The van der Waals surface area contributed by atoms with E-state index in [0.717, 1.165) is 12.8 Å². The number of piperidine rings is 1. The van der Waals surface area contributed by atoms with E-state index in [9.17, 15) is 17.6 Å². The fraction of sp³-hybridized carbons (Fsp3) is 0.435. The second-order valence-corrected chi connectivity index (χ2v) is 9.62. The van der Waals surface area contributed by atoms with Gasteiger partial charge in [0.25, 0.3) is 0 Å². The number of hydrogen-bond donors (Lipinski definition) is 1. The van der Waals surface area contributed by atoms with Gasteiger partial charge in [0.2, 0.25) is 15.9 Å². The summed E-state index contributed by atoms with van der Waals surface area (Å²) in [6.45, 7) is 1.54. The summed E-state index contributed by atoms with van der Waals surface area (Å²) in [5.74, 6) is 0.392. The molecule has 0 saturated carbocycles. The number of ether oxygens (including phenoxy) is 2. The maximum atomic E-state index is 12.9. The Bertz CT molecular complexity index is 980. The molecule has 1 amide bonds. The van der Waals surface area contributed by atoms with E-state index in [4.69, 9.17) is 9.47 Å². The zero-order valence-electron chi connectivity index (χ0n) is 18.1. The van der Waals surface area contributed by atoms with E-state index in [-0.39, 0.29) is 29.1 Å². The number of unbranched alkanes of at least 4 members (excludes halogenated alkanes) is 1. The van der Waals surface area contributed by atoms with Crippen molar-refractivity contribution in [3.8, 4) is 11.5 Å². The first-order chi connectivity index (χ1) is 15.4. The van der Waals surface area contributed by atoms with E-state index in [1.165, 1.54) is 35.7 Å². The number of carbonyl (C=O) groups excluding carboxylic acids is 1. The maximum Gasteiger partial charge on any atom is 0.243 e. The number of amides is 1. The van der Waals surface area contributed by atoms with E-state index in [0.29, 0.717) is 44.0 Å². The third kappa shape index (κ3) is 6.43. The van der Waals surface area contributed by atoms with Gasteiger partial charge in [0.05, 0.1) is 24.5 Å². The molecule has 1 aliphatic rings. The summed E-state index contributed by atoms with van der Waals surface area (Å²) in [6, 6.07) is 12.1. The topological polar surface area (TPSA) is 84.9 Å². The van der Waals surface area contributed by atoms with Crippen LogP contribution in [0.2, 0.25) is 0 Å². The van der Waals surface area contributed by atoms with Gasteiger partial charge in [-0.25, -0.2) is 12.8 Å². The summed E-state index contributed by atoms with van der Waals surface area (Å²) < 4.78 is 50.8. The molecule has 0 aliphatic carbocycles. The molecule has 0 spiro atoms. The summed E-state index contributed by atoms with van der Waals surface area (Å²) in [6.07, 6.45) is 2.76. The van der Waals surface area contributed by atoms with Crippen molar-refractivity contribution in [2.24, 2.45) is 5.92 Å². The zero-order chi connectivity index (χ0) is 23.0. The minimum absolute atomic E-state index is 0.126. The van der Waals surface area contributed by atoms with Gasteiger partial charge >= 0.3 is 0 Å². The van der Waals surface area contributed by atoms with E-state index < -0.39 is 10.0 Å². The number of methoxy groups -OCH3 is 1. The highest BCUT2D eigenvalue weighted by Gasteiger charge is 2.33. The van der Waals surface area contributed by atoms with Crippen molar-refractivity contribution in [2.75, 3.05) is 33.4 Å². The Kier molecular flexibility index (Phi) is 8.46. The molecule has 1 saturated heterocycles. The molecule has 174 valence electrons. The van der Waals surface area contributed by atoms with Gasteiger partial charge in [-0.1, -0.05) is 0 Å². The normalized spacial score (nSPS) is 17.0. The molecule has 0 radical (unpaired) electrons. The van der Waals surface area contributed by atoms with Gasteiger partial charge in [-0.15, -0.1) is 0 Å².